The zero-order valence-corrected chi connectivity index (χ0v) is 15.3. The van der Waals surface area contributed by atoms with E-state index in [0.717, 1.165) is 44.3 Å². The minimum absolute atomic E-state index is 0.259. The lowest BCUT2D eigenvalue weighted by molar-refractivity contribution is -0.144. The van der Waals surface area contributed by atoms with Crippen molar-refractivity contribution in [2.45, 2.75) is 45.1 Å². The van der Waals surface area contributed by atoms with Gasteiger partial charge in [-0.2, -0.15) is 0 Å². The first-order chi connectivity index (χ1) is 12.5. The quantitative estimate of drug-likeness (QED) is 0.845. The highest BCUT2D eigenvalue weighted by Crippen LogP contribution is 2.31. The van der Waals surface area contributed by atoms with Crippen LogP contribution >= 0.6 is 0 Å². The SMILES string of the molecule is Cc1ccc(F)cc1C(C(=O)O)N1CCC(CCN2CCCC2=O)CC1. The molecule has 2 fully saturated rings. The van der Waals surface area contributed by atoms with Crippen LogP contribution in [0.2, 0.25) is 0 Å². The zero-order valence-electron chi connectivity index (χ0n) is 15.3. The van der Waals surface area contributed by atoms with Gasteiger partial charge in [0.25, 0.3) is 0 Å². The number of carbonyl (C=O) groups is 2. The number of aryl methyl sites for hydroxylation is 1. The topological polar surface area (TPSA) is 60.9 Å². The largest absolute Gasteiger partial charge is 0.480 e. The van der Waals surface area contributed by atoms with Gasteiger partial charge in [0, 0.05) is 19.5 Å². The van der Waals surface area contributed by atoms with Crippen LogP contribution in [-0.2, 0) is 9.59 Å². The molecular weight excluding hydrogens is 335 g/mol. The Hall–Kier alpha value is -1.95. The number of rotatable bonds is 6. The third-order valence-electron chi connectivity index (χ3n) is 5.76. The molecular formula is C20H27FN2O3. The van der Waals surface area contributed by atoms with Crippen molar-refractivity contribution in [1.82, 2.24) is 9.80 Å². The third kappa shape index (κ3) is 4.23. The van der Waals surface area contributed by atoms with E-state index in [9.17, 15) is 19.1 Å². The maximum Gasteiger partial charge on any atom is 0.325 e. The summed E-state index contributed by atoms with van der Waals surface area (Å²) >= 11 is 0. The van der Waals surface area contributed by atoms with Crippen LogP contribution in [0.1, 0.15) is 49.3 Å². The molecule has 3 rings (SSSR count). The van der Waals surface area contributed by atoms with E-state index in [4.69, 9.17) is 0 Å². The number of carbonyl (C=O) groups excluding carboxylic acids is 1. The van der Waals surface area contributed by atoms with Crippen molar-refractivity contribution in [3.8, 4) is 0 Å². The minimum atomic E-state index is -0.931. The van der Waals surface area contributed by atoms with E-state index < -0.39 is 17.8 Å². The summed E-state index contributed by atoms with van der Waals surface area (Å²) in [5, 5.41) is 9.73. The average molecular weight is 362 g/mol. The maximum atomic E-state index is 13.6. The van der Waals surface area contributed by atoms with Gasteiger partial charge in [0.15, 0.2) is 0 Å². The second kappa shape index (κ2) is 8.16. The third-order valence-corrected chi connectivity index (χ3v) is 5.76. The molecule has 2 heterocycles. The summed E-state index contributed by atoms with van der Waals surface area (Å²) in [5.74, 6) is -0.556. The number of carboxylic acids is 1. The van der Waals surface area contributed by atoms with Gasteiger partial charge in [-0.15, -0.1) is 0 Å². The van der Waals surface area contributed by atoms with Crippen molar-refractivity contribution in [2.75, 3.05) is 26.2 Å². The van der Waals surface area contributed by atoms with E-state index >= 15 is 0 Å². The first-order valence-corrected chi connectivity index (χ1v) is 9.46. The fourth-order valence-corrected chi connectivity index (χ4v) is 4.17. The fourth-order valence-electron chi connectivity index (χ4n) is 4.17. The van der Waals surface area contributed by atoms with Gasteiger partial charge in [-0.1, -0.05) is 6.07 Å². The van der Waals surface area contributed by atoms with E-state index in [1.165, 1.54) is 12.1 Å². The number of halogens is 1. The molecule has 0 spiro atoms. The van der Waals surface area contributed by atoms with Gasteiger partial charge in [-0.3, -0.25) is 14.5 Å². The highest BCUT2D eigenvalue weighted by molar-refractivity contribution is 5.78. The predicted molar refractivity (Wildman–Crippen MR) is 96.2 cm³/mol. The number of piperidine rings is 1. The minimum Gasteiger partial charge on any atom is -0.480 e. The molecule has 1 aromatic rings. The second-order valence-corrected chi connectivity index (χ2v) is 7.49. The summed E-state index contributed by atoms with van der Waals surface area (Å²) in [6.07, 6.45) is 4.45. The molecule has 1 atom stereocenters. The Morgan fingerprint density at radius 2 is 2.04 bits per heavy atom. The Bertz CT molecular complexity index is 671. The Kier molecular flexibility index (Phi) is 5.91. The summed E-state index contributed by atoms with van der Waals surface area (Å²) in [5.41, 5.74) is 1.34. The number of carboxylic acid groups (broad SMARTS) is 1. The van der Waals surface area contributed by atoms with Gasteiger partial charge in [0.2, 0.25) is 5.91 Å². The number of nitrogens with zero attached hydrogens (tertiary/aromatic N) is 2. The van der Waals surface area contributed by atoms with Gasteiger partial charge < -0.3 is 10.0 Å². The van der Waals surface area contributed by atoms with Crippen LogP contribution in [-0.4, -0.2) is 53.0 Å². The molecule has 5 nitrogen and oxygen atoms in total. The van der Waals surface area contributed by atoms with Gasteiger partial charge in [0.05, 0.1) is 0 Å². The normalized spacial score (nSPS) is 20.5. The summed E-state index contributed by atoms with van der Waals surface area (Å²) in [4.78, 5) is 27.5. The zero-order chi connectivity index (χ0) is 18.7. The number of aliphatic carboxylic acids is 1. The number of benzene rings is 1. The molecule has 26 heavy (non-hydrogen) atoms. The van der Waals surface area contributed by atoms with E-state index in [1.807, 2.05) is 16.7 Å². The molecule has 142 valence electrons. The second-order valence-electron chi connectivity index (χ2n) is 7.49. The molecule has 1 unspecified atom stereocenters. The molecule has 1 amide bonds. The van der Waals surface area contributed by atoms with Crippen LogP contribution in [0.25, 0.3) is 0 Å². The number of likely N-dealkylation sites (tertiary alicyclic amines) is 2. The van der Waals surface area contributed by atoms with E-state index in [1.54, 1.807) is 6.07 Å². The van der Waals surface area contributed by atoms with Gasteiger partial charge in [-0.25, -0.2) is 4.39 Å². The van der Waals surface area contributed by atoms with Crippen molar-refractivity contribution < 1.29 is 19.1 Å². The Labute approximate surface area is 153 Å². The van der Waals surface area contributed by atoms with Crippen molar-refractivity contribution in [3.05, 3.63) is 35.1 Å². The average Bonchev–Trinajstić information content (AvgIpc) is 3.02. The molecule has 2 aliphatic rings. The van der Waals surface area contributed by atoms with Crippen LogP contribution in [0.5, 0.6) is 0 Å². The molecule has 6 heteroatoms. The molecule has 1 aromatic carbocycles. The number of hydrogen-bond donors (Lipinski definition) is 1. The first kappa shape index (κ1) is 18.8. The van der Waals surface area contributed by atoms with Gasteiger partial charge in [-0.05, 0) is 74.9 Å². The molecule has 0 radical (unpaired) electrons. The van der Waals surface area contributed by atoms with Crippen molar-refractivity contribution in [2.24, 2.45) is 5.92 Å². The molecule has 1 N–H and O–H groups in total. The van der Waals surface area contributed by atoms with Gasteiger partial charge >= 0.3 is 5.97 Å². The lowest BCUT2D eigenvalue weighted by Crippen LogP contribution is -2.41. The van der Waals surface area contributed by atoms with E-state index in [2.05, 4.69) is 0 Å². The first-order valence-electron chi connectivity index (χ1n) is 9.46. The number of amides is 1. The summed E-state index contributed by atoms with van der Waals surface area (Å²) in [7, 11) is 0. The monoisotopic (exact) mass is 362 g/mol. The lowest BCUT2D eigenvalue weighted by Gasteiger charge is -2.36. The van der Waals surface area contributed by atoms with Crippen molar-refractivity contribution in [3.63, 3.8) is 0 Å². The van der Waals surface area contributed by atoms with Crippen LogP contribution in [0.4, 0.5) is 4.39 Å². The summed E-state index contributed by atoms with van der Waals surface area (Å²) in [6, 6.07) is 3.55. The Balaban J connectivity index is 1.59. The van der Waals surface area contributed by atoms with Crippen LogP contribution in [0.15, 0.2) is 18.2 Å². The maximum absolute atomic E-state index is 13.6. The molecule has 0 bridgehead atoms. The molecule has 2 aliphatic heterocycles. The van der Waals surface area contributed by atoms with Crippen molar-refractivity contribution in [1.29, 1.82) is 0 Å². The smallest absolute Gasteiger partial charge is 0.325 e. The van der Waals surface area contributed by atoms with Crippen LogP contribution in [0.3, 0.4) is 0 Å². The van der Waals surface area contributed by atoms with E-state index in [0.29, 0.717) is 31.0 Å². The Morgan fingerprint density at radius 3 is 2.65 bits per heavy atom. The molecule has 0 saturated carbocycles. The lowest BCUT2D eigenvalue weighted by atomic mass is 9.90. The highest BCUT2D eigenvalue weighted by Gasteiger charge is 2.32. The van der Waals surface area contributed by atoms with Gasteiger partial charge in [0.1, 0.15) is 11.9 Å². The summed E-state index contributed by atoms with van der Waals surface area (Å²) < 4.78 is 13.6. The highest BCUT2D eigenvalue weighted by atomic mass is 19.1. The number of hydrogen-bond acceptors (Lipinski definition) is 3. The fraction of sp³-hybridized carbons (Fsp3) is 0.600. The van der Waals surface area contributed by atoms with Crippen LogP contribution < -0.4 is 0 Å². The molecule has 0 aliphatic carbocycles. The molecule has 0 aromatic heterocycles. The van der Waals surface area contributed by atoms with Crippen molar-refractivity contribution >= 4 is 11.9 Å². The Morgan fingerprint density at radius 1 is 1.31 bits per heavy atom. The molecule has 2 saturated heterocycles. The van der Waals surface area contributed by atoms with E-state index in [-0.39, 0.29) is 5.91 Å². The predicted octanol–water partition coefficient (Wildman–Crippen LogP) is 2.98. The standard InChI is InChI=1S/C20H27FN2O3/c1-14-4-5-16(21)13-17(14)19(20(25)26)23-11-7-15(8-12-23)6-10-22-9-2-3-18(22)24/h4-5,13,15,19H,2-3,6-12H2,1H3,(H,25,26). The van der Waals surface area contributed by atoms with Crippen LogP contribution in [0, 0.1) is 18.7 Å². The summed E-state index contributed by atoms with van der Waals surface area (Å²) in [6.45, 7) is 4.88.